The first-order valence-electron chi connectivity index (χ1n) is 3.21. The Hall–Kier alpha value is -0.610. The number of hydrogen-bond donors (Lipinski definition) is 2. The molecular formula is C6H10O4. The Morgan fingerprint density at radius 2 is 2.40 bits per heavy atom. The van der Waals surface area contributed by atoms with Crippen molar-refractivity contribution in [3.8, 4) is 0 Å². The number of carbonyl (C=O) groups is 1. The van der Waals surface area contributed by atoms with Crippen LogP contribution in [0.25, 0.3) is 0 Å². The van der Waals surface area contributed by atoms with E-state index in [0.29, 0.717) is 6.42 Å². The molecule has 1 saturated carbocycles. The van der Waals surface area contributed by atoms with Gasteiger partial charge in [0.05, 0.1) is 25.2 Å². The SMILES string of the molecule is O=C(O)C1CC1OCCO. The Bertz CT molecular complexity index is 134. The molecule has 2 unspecified atom stereocenters. The molecule has 0 aromatic heterocycles. The van der Waals surface area contributed by atoms with E-state index in [4.69, 9.17) is 14.9 Å². The van der Waals surface area contributed by atoms with E-state index >= 15 is 0 Å². The number of carboxylic acids is 1. The Morgan fingerprint density at radius 3 is 2.80 bits per heavy atom. The largest absolute Gasteiger partial charge is 0.481 e. The summed E-state index contributed by atoms with van der Waals surface area (Å²) in [7, 11) is 0. The van der Waals surface area contributed by atoms with Gasteiger partial charge in [0, 0.05) is 0 Å². The van der Waals surface area contributed by atoms with Crippen LogP contribution in [0.4, 0.5) is 0 Å². The lowest BCUT2D eigenvalue weighted by Crippen LogP contribution is -2.07. The lowest BCUT2D eigenvalue weighted by molar-refractivity contribution is -0.139. The van der Waals surface area contributed by atoms with Crippen molar-refractivity contribution >= 4 is 5.97 Å². The molecule has 0 amide bonds. The molecule has 0 radical (unpaired) electrons. The van der Waals surface area contributed by atoms with Crippen molar-refractivity contribution in [3.63, 3.8) is 0 Å². The molecule has 1 fully saturated rings. The van der Waals surface area contributed by atoms with Crippen molar-refractivity contribution in [1.29, 1.82) is 0 Å². The van der Waals surface area contributed by atoms with E-state index in [1.807, 2.05) is 0 Å². The number of hydrogen-bond acceptors (Lipinski definition) is 3. The molecule has 0 saturated heterocycles. The first kappa shape index (κ1) is 7.50. The van der Waals surface area contributed by atoms with Gasteiger partial charge in [0.15, 0.2) is 0 Å². The molecular weight excluding hydrogens is 136 g/mol. The van der Waals surface area contributed by atoms with Crippen LogP contribution in [-0.4, -0.2) is 35.5 Å². The van der Waals surface area contributed by atoms with Crippen LogP contribution in [0, 0.1) is 5.92 Å². The summed E-state index contributed by atoms with van der Waals surface area (Å²) in [5.74, 6) is -1.13. The minimum absolute atomic E-state index is 0.0389. The van der Waals surface area contributed by atoms with Gasteiger partial charge < -0.3 is 14.9 Å². The van der Waals surface area contributed by atoms with Crippen molar-refractivity contribution in [2.75, 3.05) is 13.2 Å². The van der Waals surface area contributed by atoms with E-state index in [1.165, 1.54) is 0 Å². The van der Waals surface area contributed by atoms with Crippen LogP contribution < -0.4 is 0 Å². The van der Waals surface area contributed by atoms with Crippen molar-refractivity contribution < 1.29 is 19.7 Å². The maximum absolute atomic E-state index is 10.2. The quantitative estimate of drug-likeness (QED) is 0.559. The zero-order valence-corrected chi connectivity index (χ0v) is 5.49. The van der Waals surface area contributed by atoms with Gasteiger partial charge in [-0.25, -0.2) is 0 Å². The first-order chi connectivity index (χ1) is 4.75. The van der Waals surface area contributed by atoms with Gasteiger partial charge in [0.2, 0.25) is 0 Å². The Morgan fingerprint density at radius 1 is 1.70 bits per heavy atom. The van der Waals surface area contributed by atoms with Crippen LogP contribution in [0.5, 0.6) is 0 Å². The summed E-state index contributed by atoms with van der Waals surface area (Å²) in [5.41, 5.74) is 0. The fourth-order valence-electron chi connectivity index (χ4n) is 0.820. The highest BCUT2D eigenvalue weighted by molar-refractivity contribution is 5.74. The standard InChI is InChI=1S/C6H10O4/c7-1-2-10-5-3-4(5)6(8)9/h4-5,7H,1-3H2,(H,8,9). The predicted molar refractivity (Wildman–Crippen MR) is 32.6 cm³/mol. The topological polar surface area (TPSA) is 66.8 Å². The van der Waals surface area contributed by atoms with Gasteiger partial charge in [-0.3, -0.25) is 4.79 Å². The third kappa shape index (κ3) is 1.68. The average molecular weight is 146 g/mol. The highest BCUT2D eigenvalue weighted by Gasteiger charge is 2.44. The molecule has 2 atom stereocenters. The van der Waals surface area contributed by atoms with Gasteiger partial charge >= 0.3 is 5.97 Å². The second-order valence-corrected chi connectivity index (χ2v) is 2.31. The summed E-state index contributed by atoms with van der Waals surface area (Å²) in [6.45, 7) is 0.206. The molecule has 0 aromatic carbocycles. The van der Waals surface area contributed by atoms with Crippen LogP contribution in [0.2, 0.25) is 0 Å². The molecule has 10 heavy (non-hydrogen) atoms. The first-order valence-corrected chi connectivity index (χ1v) is 3.21. The van der Waals surface area contributed by atoms with E-state index in [-0.39, 0.29) is 25.2 Å². The van der Waals surface area contributed by atoms with Gasteiger partial charge in [0.25, 0.3) is 0 Å². The fraction of sp³-hybridized carbons (Fsp3) is 0.833. The third-order valence-corrected chi connectivity index (χ3v) is 1.47. The number of aliphatic carboxylic acids is 1. The summed E-state index contributed by atoms with van der Waals surface area (Å²) >= 11 is 0. The van der Waals surface area contributed by atoms with Gasteiger partial charge in [-0.05, 0) is 6.42 Å². The van der Waals surface area contributed by atoms with Gasteiger partial charge in [-0.1, -0.05) is 0 Å². The van der Waals surface area contributed by atoms with E-state index < -0.39 is 5.97 Å². The number of carboxylic acid groups (broad SMARTS) is 1. The van der Waals surface area contributed by atoms with Crippen molar-refractivity contribution in [2.24, 2.45) is 5.92 Å². The number of ether oxygens (including phenoxy) is 1. The van der Waals surface area contributed by atoms with Crippen LogP contribution >= 0.6 is 0 Å². The Kier molecular flexibility index (Phi) is 2.24. The Labute approximate surface area is 58.4 Å². The van der Waals surface area contributed by atoms with E-state index in [0.717, 1.165) is 0 Å². The normalized spacial score (nSPS) is 30.1. The molecule has 0 heterocycles. The van der Waals surface area contributed by atoms with Gasteiger partial charge in [-0.15, -0.1) is 0 Å². The summed E-state index contributed by atoms with van der Waals surface area (Å²) < 4.78 is 4.95. The summed E-state index contributed by atoms with van der Waals surface area (Å²) in [5, 5.41) is 16.7. The molecule has 1 aliphatic rings. The van der Waals surface area contributed by atoms with E-state index in [1.54, 1.807) is 0 Å². The predicted octanol–water partition coefficient (Wildman–Crippen LogP) is -0.532. The lowest BCUT2D eigenvalue weighted by Gasteiger charge is -1.96. The lowest BCUT2D eigenvalue weighted by atomic mass is 10.4. The highest BCUT2D eigenvalue weighted by Crippen LogP contribution is 2.33. The second-order valence-electron chi connectivity index (χ2n) is 2.31. The van der Waals surface area contributed by atoms with Crippen molar-refractivity contribution in [1.82, 2.24) is 0 Å². The Balaban J connectivity index is 2.08. The molecule has 2 N–H and O–H groups in total. The molecule has 4 heteroatoms. The van der Waals surface area contributed by atoms with E-state index in [2.05, 4.69) is 0 Å². The smallest absolute Gasteiger partial charge is 0.309 e. The number of aliphatic hydroxyl groups excluding tert-OH is 1. The molecule has 1 aliphatic carbocycles. The van der Waals surface area contributed by atoms with Crippen molar-refractivity contribution in [2.45, 2.75) is 12.5 Å². The van der Waals surface area contributed by atoms with Gasteiger partial charge in [0.1, 0.15) is 0 Å². The summed E-state index contributed by atoms with van der Waals surface area (Å²) in [6.07, 6.45) is 0.444. The zero-order valence-electron chi connectivity index (χ0n) is 5.49. The number of aliphatic hydroxyl groups is 1. The fourth-order valence-corrected chi connectivity index (χ4v) is 0.820. The third-order valence-electron chi connectivity index (χ3n) is 1.47. The van der Waals surface area contributed by atoms with Crippen molar-refractivity contribution in [3.05, 3.63) is 0 Å². The molecule has 0 aromatic rings. The zero-order chi connectivity index (χ0) is 7.56. The molecule has 1 rings (SSSR count). The molecule has 0 spiro atoms. The maximum Gasteiger partial charge on any atom is 0.309 e. The minimum Gasteiger partial charge on any atom is -0.481 e. The molecule has 4 nitrogen and oxygen atoms in total. The van der Waals surface area contributed by atoms with Crippen LogP contribution in [0.3, 0.4) is 0 Å². The minimum atomic E-state index is -0.803. The summed E-state index contributed by atoms with van der Waals surface area (Å²) in [6, 6.07) is 0. The maximum atomic E-state index is 10.2. The van der Waals surface area contributed by atoms with Crippen LogP contribution in [0.1, 0.15) is 6.42 Å². The van der Waals surface area contributed by atoms with E-state index in [9.17, 15) is 4.79 Å². The highest BCUT2D eigenvalue weighted by atomic mass is 16.5. The van der Waals surface area contributed by atoms with Gasteiger partial charge in [-0.2, -0.15) is 0 Å². The second kappa shape index (κ2) is 2.98. The monoisotopic (exact) mass is 146 g/mol. The molecule has 58 valence electrons. The summed E-state index contributed by atoms with van der Waals surface area (Å²) in [4.78, 5) is 10.2. The number of rotatable bonds is 4. The van der Waals surface area contributed by atoms with Crippen LogP contribution in [0.15, 0.2) is 0 Å². The average Bonchev–Trinajstić information content (AvgIpc) is 2.62. The molecule has 0 aliphatic heterocycles. The van der Waals surface area contributed by atoms with Crippen LogP contribution in [-0.2, 0) is 9.53 Å². The molecule has 0 bridgehead atoms.